The van der Waals surface area contributed by atoms with E-state index >= 15 is 0 Å². The summed E-state index contributed by atoms with van der Waals surface area (Å²) in [7, 11) is 0. The first-order chi connectivity index (χ1) is 10.8. The van der Waals surface area contributed by atoms with E-state index < -0.39 is 0 Å². The Kier molecular flexibility index (Phi) is 5.28. The zero-order valence-electron chi connectivity index (χ0n) is 13.3. The third-order valence-corrected chi connectivity index (χ3v) is 4.63. The fourth-order valence-corrected chi connectivity index (χ4v) is 3.44. The van der Waals surface area contributed by atoms with Gasteiger partial charge < -0.3 is 5.32 Å². The minimum Gasteiger partial charge on any atom is -0.326 e. The van der Waals surface area contributed by atoms with Gasteiger partial charge in [-0.3, -0.25) is 9.69 Å². The summed E-state index contributed by atoms with van der Waals surface area (Å²) in [5, 5.41) is 3.06. The van der Waals surface area contributed by atoms with Gasteiger partial charge in [0.05, 0.1) is 0 Å². The zero-order chi connectivity index (χ0) is 15.2. The van der Waals surface area contributed by atoms with Crippen LogP contribution in [0.4, 0.5) is 5.69 Å². The molecule has 1 heterocycles. The summed E-state index contributed by atoms with van der Waals surface area (Å²) in [6.45, 7) is 3.39. The van der Waals surface area contributed by atoms with Gasteiger partial charge in [-0.15, -0.1) is 0 Å². The molecule has 1 aliphatic carbocycles. The van der Waals surface area contributed by atoms with Gasteiger partial charge in [-0.05, 0) is 62.4 Å². The zero-order valence-corrected chi connectivity index (χ0v) is 13.3. The summed E-state index contributed by atoms with van der Waals surface area (Å²) in [6, 6.07) is 8.31. The van der Waals surface area contributed by atoms with E-state index in [0.717, 1.165) is 25.1 Å². The predicted molar refractivity (Wildman–Crippen MR) is 90.7 cm³/mol. The molecule has 118 valence electrons. The van der Waals surface area contributed by atoms with Crippen LogP contribution in [0.2, 0.25) is 0 Å². The van der Waals surface area contributed by atoms with Crippen LogP contribution in [-0.4, -0.2) is 23.9 Å². The molecule has 1 aromatic rings. The Morgan fingerprint density at radius 1 is 1.23 bits per heavy atom. The van der Waals surface area contributed by atoms with Crippen molar-refractivity contribution < 1.29 is 4.79 Å². The van der Waals surface area contributed by atoms with Crippen LogP contribution in [0.5, 0.6) is 0 Å². The number of carbonyl (C=O) groups is 1. The van der Waals surface area contributed by atoms with Crippen LogP contribution in [0.3, 0.4) is 0 Å². The molecule has 1 aliphatic heterocycles. The molecule has 1 saturated heterocycles. The lowest BCUT2D eigenvalue weighted by atomic mass is 10.0. The van der Waals surface area contributed by atoms with Crippen LogP contribution in [0, 0.1) is 5.92 Å². The number of piperidine rings is 1. The van der Waals surface area contributed by atoms with Gasteiger partial charge in [-0.1, -0.05) is 30.7 Å². The van der Waals surface area contributed by atoms with Crippen molar-refractivity contribution in [3.63, 3.8) is 0 Å². The molecule has 1 aromatic carbocycles. The summed E-state index contributed by atoms with van der Waals surface area (Å²) in [5.74, 6) is 0.559. The van der Waals surface area contributed by atoms with Crippen molar-refractivity contribution in [1.82, 2.24) is 4.90 Å². The molecule has 0 bridgehead atoms. The molecule has 1 amide bonds. The van der Waals surface area contributed by atoms with Crippen LogP contribution in [-0.2, 0) is 11.3 Å². The molecule has 1 N–H and O–H groups in total. The molecular formula is C19H26N2O. The molecule has 1 atom stereocenters. The lowest BCUT2D eigenvalue weighted by molar-refractivity contribution is -0.116. The number of hydrogen-bond acceptors (Lipinski definition) is 2. The maximum Gasteiger partial charge on any atom is 0.224 e. The molecule has 0 unspecified atom stereocenters. The topological polar surface area (TPSA) is 32.3 Å². The summed E-state index contributed by atoms with van der Waals surface area (Å²) in [6.07, 6.45) is 11.2. The average Bonchev–Trinajstić information content (AvgIpc) is 3.01. The second kappa shape index (κ2) is 7.59. The second-order valence-electron chi connectivity index (χ2n) is 6.56. The molecule has 1 fully saturated rings. The number of likely N-dealkylation sites (tertiary alicyclic amines) is 1. The summed E-state index contributed by atoms with van der Waals surface area (Å²) in [4.78, 5) is 14.6. The highest BCUT2D eigenvalue weighted by atomic mass is 16.1. The summed E-state index contributed by atoms with van der Waals surface area (Å²) >= 11 is 0. The van der Waals surface area contributed by atoms with Gasteiger partial charge in [0.15, 0.2) is 0 Å². The molecular weight excluding hydrogens is 272 g/mol. The number of anilines is 1. The maximum absolute atomic E-state index is 12.1. The molecule has 3 heteroatoms. The first-order valence-electron chi connectivity index (χ1n) is 8.57. The van der Waals surface area contributed by atoms with E-state index in [0.29, 0.717) is 12.3 Å². The van der Waals surface area contributed by atoms with Crippen molar-refractivity contribution in [2.45, 2.75) is 45.1 Å². The van der Waals surface area contributed by atoms with Gasteiger partial charge in [0.1, 0.15) is 0 Å². The van der Waals surface area contributed by atoms with E-state index in [-0.39, 0.29) is 5.91 Å². The Labute approximate surface area is 133 Å². The monoisotopic (exact) mass is 298 g/mol. The summed E-state index contributed by atoms with van der Waals surface area (Å²) < 4.78 is 0. The molecule has 0 aromatic heterocycles. The maximum atomic E-state index is 12.1. The van der Waals surface area contributed by atoms with Gasteiger partial charge >= 0.3 is 0 Å². The molecule has 3 nitrogen and oxygen atoms in total. The van der Waals surface area contributed by atoms with Gasteiger partial charge in [0, 0.05) is 18.7 Å². The van der Waals surface area contributed by atoms with Crippen molar-refractivity contribution in [2.24, 2.45) is 5.92 Å². The third kappa shape index (κ3) is 4.44. The fraction of sp³-hybridized carbons (Fsp3) is 0.526. The van der Waals surface area contributed by atoms with Crippen molar-refractivity contribution in [2.75, 3.05) is 18.4 Å². The highest BCUT2D eigenvalue weighted by Gasteiger charge is 2.14. The minimum absolute atomic E-state index is 0.131. The summed E-state index contributed by atoms with van der Waals surface area (Å²) in [5.41, 5.74) is 2.22. The van der Waals surface area contributed by atoms with Crippen LogP contribution >= 0.6 is 0 Å². The number of allylic oxidation sites excluding steroid dienone is 2. The second-order valence-corrected chi connectivity index (χ2v) is 6.56. The molecule has 0 spiro atoms. The first-order valence-corrected chi connectivity index (χ1v) is 8.57. The molecule has 22 heavy (non-hydrogen) atoms. The highest BCUT2D eigenvalue weighted by molar-refractivity contribution is 5.91. The number of nitrogens with zero attached hydrogens (tertiary/aromatic N) is 1. The van der Waals surface area contributed by atoms with E-state index in [1.807, 2.05) is 12.1 Å². The van der Waals surface area contributed by atoms with Crippen LogP contribution in [0.15, 0.2) is 36.4 Å². The predicted octanol–water partition coefficient (Wildman–Crippen LogP) is 3.97. The van der Waals surface area contributed by atoms with E-state index in [9.17, 15) is 4.79 Å². The quantitative estimate of drug-likeness (QED) is 0.834. The third-order valence-electron chi connectivity index (χ3n) is 4.63. The van der Waals surface area contributed by atoms with Gasteiger partial charge in [-0.2, -0.15) is 0 Å². The Morgan fingerprint density at radius 3 is 2.86 bits per heavy atom. The largest absolute Gasteiger partial charge is 0.326 e. The number of benzene rings is 1. The van der Waals surface area contributed by atoms with Gasteiger partial charge in [0.25, 0.3) is 0 Å². The number of amides is 1. The fourth-order valence-electron chi connectivity index (χ4n) is 3.44. The van der Waals surface area contributed by atoms with Crippen molar-refractivity contribution in [3.8, 4) is 0 Å². The Balaban J connectivity index is 1.53. The molecule has 0 radical (unpaired) electrons. The molecule has 0 saturated carbocycles. The Bertz CT molecular complexity index is 532. The first kappa shape index (κ1) is 15.3. The van der Waals surface area contributed by atoms with E-state index in [1.165, 1.54) is 37.9 Å². The number of hydrogen-bond donors (Lipinski definition) is 1. The van der Waals surface area contributed by atoms with E-state index in [4.69, 9.17) is 0 Å². The minimum atomic E-state index is 0.131. The highest BCUT2D eigenvalue weighted by Crippen LogP contribution is 2.21. The normalized spacial score (nSPS) is 21.9. The standard InChI is InChI=1S/C19H26N2O/c22-19(14-16-7-2-3-8-16)20-18-10-6-9-17(13-18)15-21-11-4-1-5-12-21/h2,6-7,9-10,13,16H,1,3-5,8,11-12,14-15H2,(H,20,22)/t16-/m0/s1. The molecule has 3 rings (SSSR count). The lowest BCUT2D eigenvalue weighted by Crippen LogP contribution is -2.29. The number of rotatable bonds is 5. The van der Waals surface area contributed by atoms with Crippen LogP contribution in [0.1, 0.15) is 44.1 Å². The van der Waals surface area contributed by atoms with E-state index in [1.54, 1.807) is 0 Å². The van der Waals surface area contributed by atoms with Crippen molar-refractivity contribution >= 4 is 11.6 Å². The lowest BCUT2D eigenvalue weighted by Gasteiger charge is -2.26. The Morgan fingerprint density at radius 2 is 2.09 bits per heavy atom. The number of carbonyl (C=O) groups excluding carboxylic acids is 1. The number of nitrogens with one attached hydrogen (secondary N) is 1. The van der Waals surface area contributed by atoms with Crippen LogP contribution in [0.25, 0.3) is 0 Å². The Hall–Kier alpha value is -1.61. The smallest absolute Gasteiger partial charge is 0.224 e. The van der Waals surface area contributed by atoms with Gasteiger partial charge in [0.2, 0.25) is 5.91 Å². The van der Waals surface area contributed by atoms with Crippen LogP contribution < -0.4 is 5.32 Å². The van der Waals surface area contributed by atoms with Crippen molar-refractivity contribution in [1.29, 1.82) is 0 Å². The van der Waals surface area contributed by atoms with Crippen molar-refractivity contribution in [3.05, 3.63) is 42.0 Å². The molecule has 2 aliphatic rings. The van der Waals surface area contributed by atoms with Gasteiger partial charge in [-0.25, -0.2) is 0 Å². The average molecular weight is 298 g/mol. The van der Waals surface area contributed by atoms with E-state index in [2.05, 4.69) is 34.5 Å². The SMILES string of the molecule is O=C(C[C@H]1C=CCC1)Nc1cccc(CN2CCCCC2)c1.